The molecule has 0 amide bonds. The van der Waals surface area contributed by atoms with Gasteiger partial charge >= 0.3 is 0 Å². The molecular weight excluding hydrogens is 134 g/mol. The molecule has 0 radical (unpaired) electrons. The average Bonchev–Trinajstić information content (AvgIpc) is 1.25. The molecule has 0 aromatic carbocycles. The van der Waals surface area contributed by atoms with Gasteiger partial charge in [0.05, 0.1) is 27.2 Å². The topological polar surface area (TPSA) is 0 Å². The fourth-order valence-electron chi connectivity index (χ4n) is 0. The van der Waals surface area contributed by atoms with Crippen LogP contribution in [0.2, 0.25) is 0 Å². The van der Waals surface area contributed by atoms with Crippen molar-refractivity contribution >= 4 is 21.8 Å². The molecule has 0 atom stereocenters. The zero-order valence-electron chi connectivity index (χ0n) is 6.60. The zero-order valence-corrected chi connectivity index (χ0v) is 8.39. The minimum Gasteiger partial charge on any atom is -0.116 e. The molecular formula is C6H17P2+. The Bertz CT molecular complexity index is 50.8. The van der Waals surface area contributed by atoms with E-state index in [0.29, 0.717) is 7.92 Å². The molecule has 0 unspecified atom stereocenters. The van der Waals surface area contributed by atoms with E-state index in [1.165, 1.54) is 0 Å². The van der Waals surface area contributed by atoms with Crippen LogP contribution in [0.4, 0.5) is 0 Å². The lowest BCUT2D eigenvalue weighted by Crippen LogP contribution is -1.48. The fraction of sp³-hybridized carbons (Fsp3) is 0.833. The van der Waals surface area contributed by atoms with Crippen molar-refractivity contribution in [3.8, 4) is 0 Å². The first-order valence-corrected chi connectivity index (χ1v) is 7.66. The summed E-state index contributed by atoms with van der Waals surface area (Å²) < 4.78 is 0. The van der Waals surface area contributed by atoms with E-state index in [2.05, 4.69) is 39.6 Å². The summed E-state index contributed by atoms with van der Waals surface area (Å²) in [7, 11) is 0.509. The second-order valence-electron chi connectivity index (χ2n) is 2.42. The molecule has 0 heterocycles. The standard InChI is InChI=1S/C3H9P.C3H8P/c2*1-4(2)3/h1-3H3;1H2,2-3H3/q;+1. The monoisotopic (exact) mass is 151 g/mol. The second kappa shape index (κ2) is 7.60. The molecule has 0 aliphatic carbocycles. The molecule has 8 heavy (non-hydrogen) atoms. The lowest BCUT2D eigenvalue weighted by Gasteiger charge is -1.81. The van der Waals surface area contributed by atoms with Crippen molar-refractivity contribution in [2.45, 2.75) is 0 Å². The molecule has 0 spiro atoms. The molecule has 0 aromatic rings. The Morgan fingerprint density at radius 1 is 1.12 bits per heavy atom. The quantitative estimate of drug-likeness (QED) is 0.466. The van der Waals surface area contributed by atoms with E-state index in [1.54, 1.807) is 0 Å². The van der Waals surface area contributed by atoms with Crippen LogP contribution in [0.15, 0.2) is 0 Å². The van der Waals surface area contributed by atoms with E-state index in [0.717, 1.165) is 0 Å². The summed E-state index contributed by atoms with van der Waals surface area (Å²) in [6, 6.07) is 0. The number of hydrogen-bond donors (Lipinski definition) is 0. The van der Waals surface area contributed by atoms with Gasteiger partial charge in [0.25, 0.3) is 0 Å². The number of hydrogen-bond acceptors (Lipinski definition) is 0. The molecule has 0 rings (SSSR count). The number of rotatable bonds is 0. The Balaban J connectivity index is 0. The highest BCUT2D eigenvalue weighted by Crippen LogP contribution is 2.14. The van der Waals surface area contributed by atoms with Crippen LogP contribution < -0.4 is 0 Å². The summed E-state index contributed by atoms with van der Waals surface area (Å²) in [6.45, 7) is 10.9. The molecule has 0 saturated carbocycles. The Hall–Kier alpha value is 0.600. The first kappa shape index (κ1) is 11.4. The highest BCUT2D eigenvalue weighted by molar-refractivity contribution is 7.55. The summed E-state index contributed by atoms with van der Waals surface area (Å²) in [6.07, 6.45) is 3.70. The van der Waals surface area contributed by atoms with Crippen LogP contribution in [0.25, 0.3) is 0 Å². The van der Waals surface area contributed by atoms with Crippen molar-refractivity contribution in [1.82, 2.24) is 0 Å². The summed E-state index contributed by atoms with van der Waals surface area (Å²) in [4.78, 5) is 0. The maximum atomic E-state index is 3.70. The minimum absolute atomic E-state index is 0.130. The van der Waals surface area contributed by atoms with E-state index < -0.39 is 0 Å². The first-order chi connectivity index (χ1) is 3.46. The highest BCUT2D eigenvalue weighted by Gasteiger charge is 1.67. The molecule has 0 nitrogen and oxygen atoms in total. The molecule has 0 N–H and O–H groups in total. The lowest BCUT2D eigenvalue weighted by atomic mass is 11.9. The van der Waals surface area contributed by atoms with Gasteiger partial charge in [0.15, 0.2) is 0 Å². The van der Waals surface area contributed by atoms with Crippen LogP contribution in [-0.2, 0) is 0 Å². The van der Waals surface area contributed by atoms with E-state index in [-0.39, 0.29) is 7.55 Å². The SMILES string of the molecule is C=[P+](C)C.CP(C)C. The van der Waals surface area contributed by atoms with Crippen molar-refractivity contribution in [1.29, 1.82) is 0 Å². The van der Waals surface area contributed by atoms with Crippen molar-refractivity contribution in [3.63, 3.8) is 0 Å². The molecule has 2 heteroatoms. The molecule has 0 saturated heterocycles. The summed E-state index contributed by atoms with van der Waals surface area (Å²) >= 11 is 0. The van der Waals surface area contributed by atoms with Crippen molar-refractivity contribution in [2.24, 2.45) is 0 Å². The summed E-state index contributed by atoms with van der Waals surface area (Å²) in [5, 5.41) is 0. The average molecular weight is 151 g/mol. The lowest BCUT2D eigenvalue weighted by molar-refractivity contribution is 2.13. The minimum atomic E-state index is 0.130. The normalized spacial score (nSPS) is 7.75. The van der Waals surface area contributed by atoms with Crippen molar-refractivity contribution < 1.29 is 0 Å². The van der Waals surface area contributed by atoms with Crippen LogP contribution in [0.5, 0.6) is 0 Å². The maximum Gasteiger partial charge on any atom is 0.0951 e. The smallest absolute Gasteiger partial charge is 0.0951 e. The van der Waals surface area contributed by atoms with Crippen LogP contribution in [-0.4, -0.2) is 39.6 Å². The molecule has 0 aliphatic rings. The second-order valence-corrected chi connectivity index (χ2v) is 7.26. The fourth-order valence-corrected chi connectivity index (χ4v) is 0. The molecule has 0 aromatic heterocycles. The van der Waals surface area contributed by atoms with Gasteiger partial charge in [0, 0.05) is 0 Å². The van der Waals surface area contributed by atoms with Crippen LogP contribution in [0.3, 0.4) is 0 Å². The van der Waals surface area contributed by atoms with Gasteiger partial charge in [-0.1, -0.05) is 0 Å². The van der Waals surface area contributed by atoms with Gasteiger partial charge in [-0.25, -0.2) is 0 Å². The Morgan fingerprint density at radius 3 is 1.12 bits per heavy atom. The van der Waals surface area contributed by atoms with Crippen LogP contribution >= 0.6 is 15.5 Å². The third kappa shape index (κ3) is 575. The van der Waals surface area contributed by atoms with Crippen LogP contribution in [0.1, 0.15) is 0 Å². The third-order valence-electron chi connectivity index (χ3n) is 0. The van der Waals surface area contributed by atoms with E-state index in [4.69, 9.17) is 0 Å². The Labute approximate surface area is 55.8 Å². The van der Waals surface area contributed by atoms with Gasteiger partial charge in [0.2, 0.25) is 0 Å². The third-order valence-corrected chi connectivity index (χ3v) is 0. The molecule has 0 fully saturated rings. The molecule has 0 aliphatic heterocycles. The van der Waals surface area contributed by atoms with E-state index >= 15 is 0 Å². The van der Waals surface area contributed by atoms with Gasteiger partial charge in [-0.05, 0) is 20.0 Å². The Morgan fingerprint density at radius 2 is 1.12 bits per heavy atom. The maximum absolute atomic E-state index is 3.70. The van der Waals surface area contributed by atoms with Gasteiger partial charge in [-0.15, -0.1) is 7.92 Å². The van der Waals surface area contributed by atoms with Crippen molar-refractivity contribution in [3.05, 3.63) is 0 Å². The Kier molecular flexibility index (Phi) is 10.8. The highest BCUT2D eigenvalue weighted by atomic mass is 31.1. The zero-order chi connectivity index (χ0) is 7.15. The van der Waals surface area contributed by atoms with Gasteiger partial charge < -0.3 is 0 Å². The summed E-state index contributed by atoms with van der Waals surface area (Å²) in [5.41, 5.74) is 0. The first-order valence-electron chi connectivity index (χ1n) is 2.55. The molecule has 50 valence electrons. The van der Waals surface area contributed by atoms with Crippen LogP contribution in [0, 0.1) is 0 Å². The van der Waals surface area contributed by atoms with E-state index in [1.807, 2.05) is 0 Å². The van der Waals surface area contributed by atoms with Gasteiger partial charge in [0.1, 0.15) is 0 Å². The predicted octanol–water partition coefficient (Wildman–Crippen LogP) is 2.52. The van der Waals surface area contributed by atoms with Gasteiger partial charge in [-0.2, -0.15) is 0 Å². The van der Waals surface area contributed by atoms with E-state index in [9.17, 15) is 0 Å². The van der Waals surface area contributed by atoms with Gasteiger partial charge in [-0.3, -0.25) is 0 Å². The summed E-state index contributed by atoms with van der Waals surface area (Å²) in [5.74, 6) is 0. The predicted molar refractivity (Wildman–Crippen MR) is 50.6 cm³/mol. The molecule has 0 bridgehead atoms. The largest absolute Gasteiger partial charge is 0.116 e. The van der Waals surface area contributed by atoms with Crippen molar-refractivity contribution in [2.75, 3.05) is 33.3 Å².